The van der Waals surface area contributed by atoms with E-state index in [0.717, 1.165) is 5.56 Å². The van der Waals surface area contributed by atoms with E-state index >= 15 is 0 Å². The van der Waals surface area contributed by atoms with Crippen LogP contribution in [0.1, 0.15) is 36.7 Å². The predicted molar refractivity (Wildman–Crippen MR) is 86.4 cm³/mol. The van der Waals surface area contributed by atoms with Gasteiger partial charge in [-0.25, -0.2) is 4.79 Å². The van der Waals surface area contributed by atoms with Crippen LogP contribution in [0.5, 0.6) is 0 Å². The largest absolute Gasteiger partial charge is 0.459 e. The van der Waals surface area contributed by atoms with Crippen molar-refractivity contribution in [3.63, 3.8) is 0 Å². The summed E-state index contributed by atoms with van der Waals surface area (Å²) in [7, 11) is -0.251. The van der Waals surface area contributed by atoms with Crippen molar-refractivity contribution in [3.05, 3.63) is 35.4 Å². The van der Waals surface area contributed by atoms with E-state index in [1.54, 1.807) is 12.1 Å². The Morgan fingerprint density at radius 1 is 1.09 bits per heavy atom. The van der Waals surface area contributed by atoms with Crippen molar-refractivity contribution < 1.29 is 23.1 Å². The molecule has 0 aliphatic heterocycles. The summed E-state index contributed by atoms with van der Waals surface area (Å²) in [5.41, 5.74) is 1.47. The summed E-state index contributed by atoms with van der Waals surface area (Å²) in [6.07, 6.45) is 0.728. The molecule has 1 unspecified atom stereocenters. The van der Waals surface area contributed by atoms with Crippen LogP contribution >= 0.6 is 7.60 Å². The molecule has 1 aromatic carbocycles. The van der Waals surface area contributed by atoms with Crippen molar-refractivity contribution in [2.45, 2.75) is 33.3 Å². The van der Waals surface area contributed by atoms with Crippen molar-refractivity contribution >= 4 is 13.6 Å². The molecule has 0 bridgehead atoms. The maximum Gasteiger partial charge on any atom is 0.338 e. The SMILES string of the molecule is COP(=O)(CCc1ccc(C(=O)OC(C)C(C)C)cc1)OC. The van der Waals surface area contributed by atoms with Gasteiger partial charge in [0, 0.05) is 14.2 Å². The Morgan fingerprint density at radius 3 is 2.09 bits per heavy atom. The summed E-state index contributed by atoms with van der Waals surface area (Å²) in [4.78, 5) is 12.0. The number of benzene rings is 1. The van der Waals surface area contributed by atoms with E-state index in [0.29, 0.717) is 18.1 Å². The van der Waals surface area contributed by atoms with Crippen LogP contribution in [0.15, 0.2) is 24.3 Å². The molecule has 0 radical (unpaired) electrons. The van der Waals surface area contributed by atoms with Gasteiger partial charge in [-0.2, -0.15) is 0 Å². The lowest BCUT2D eigenvalue weighted by atomic mass is 10.1. The standard InChI is InChI=1S/C16H25O5P/c1-12(2)13(3)21-16(17)15-8-6-14(7-9-15)10-11-22(18,19-4)20-5/h6-9,12-13H,10-11H2,1-5H3. The molecular formula is C16H25O5P. The minimum Gasteiger partial charge on any atom is -0.459 e. The maximum absolute atomic E-state index is 12.0. The second kappa shape index (κ2) is 8.47. The molecule has 6 heteroatoms. The lowest BCUT2D eigenvalue weighted by Crippen LogP contribution is -2.20. The van der Waals surface area contributed by atoms with Crippen LogP contribution in [-0.2, 0) is 24.8 Å². The fraction of sp³-hybridized carbons (Fsp3) is 0.562. The van der Waals surface area contributed by atoms with E-state index in [9.17, 15) is 9.36 Å². The van der Waals surface area contributed by atoms with E-state index in [2.05, 4.69) is 0 Å². The van der Waals surface area contributed by atoms with E-state index in [1.165, 1.54) is 14.2 Å². The molecule has 0 saturated carbocycles. The van der Waals surface area contributed by atoms with Gasteiger partial charge in [-0.3, -0.25) is 4.57 Å². The van der Waals surface area contributed by atoms with Crippen molar-refractivity contribution in [3.8, 4) is 0 Å². The van der Waals surface area contributed by atoms with Crippen LogP contribution in [0.3, 0.4) is 0 Å². The van der Waals surface area contributed by atoms with E-state index in [1.807, 2.05) is 32.9 Å². The second-order valence-corrected chi connectivity index (χ2v) is 7.90. The first-order valence-electron chi connectivity index (χ1n) is 7.31. The van der Waals surface area contributed by atoms with Gasteiger partial charge in [-0.1, -0.05) is 26.0 Å². The molecule has 124 valence electrons. The van der Waals surface area contributed by atoms with Gasteiger partial charge in [0.2, 0.25) is 0 Å². The molecule has 0 spiro atoms. The molecule has 0 N–H and O–H groups in total. The Bertz CT molecular complexity index is 516. The van der Waals surface area contributed by atoms with Gasteiger partial charge in [0.25, 0.3) is 0 Å². The Labute approximate surface area is 132 Å². The minimum absolute atomic E-state index is 0.124. The topological polar surface area (TPSA) is 61.8 Å². The predicted octanol–water partition coefficient (Wildman–Crippen LogP) is 3.92. The van der Waals surface area contributed by atoms with Crippen LogP contribution in [0.4, 0.5) is 0 Å². The molecular weight excluding hydrogens is 303 g/mol. The van der Waals surface area contributed by atoms with Gasteiger partial charge < -0.3 is 13.8 Å². The number of carbonyl (C=O) groups is 1. The van der Waals surface area contributed by atoms with E-state index in [4.69, 9.17) is 13.8 Å². The average Bonchev–Trinajstić information content (AvgIpc) is 2.52. The first-order chi connectivity index (χ1) is 10.3. The van der Waals surface area contributed by atoms with Gasteiger partial charge in [-0.05, 0) is 37.0 Å². The molecule has 0 amide bonds. The first kappa shape index (κ1) is 18.9. The number of esters is 1. The van der Waals surface area contributed by atoms with E-state index < -0.39 is 7.60 Å². The van der Waals surface area contributed by atoms with Crippen LogP contribution in [-0.4, -0.2) is 32.5 Å². The van der Waals surface area contributed by atoms with Gasteiger partial charge in [0.1, 0.15) is 6.10 Å². The highest BCUT2D eigenvalue weighted by molar-refractivity contribution is 7.53. The third-order valence-electron chi connectivity index (χ3n) is 3.65. The van der Waals surface area contributed by atoms with Crippen molar-refractivity contribution in [2.24, 2.45) is 5.92 Å². The first-order valence-corrected chi connectivity index (χ1v) is 9.04. The highest BCUT2D eigenvalue weighted by Crippen LogP contribution is 2.46. The van der Waals surface area contributed by atoms with Crippen molar-refractivity contribution in [1.29, 1.82) is 0 Å². The summed E-state index contributed by atoms with van der Waals surface area (Å²) < 4.78 is 27.1. The van der Waals surface area contributed by atoms with Gasteiger partial charge >= 0.3 is 13.6 Å². The average molecular weight is 328 g/mol. The van der Waals surface area contributed by atoms with Gasteiger partial charge in [-0.15, -0.1) is 0 Å². The molecule has 1 rings (SSSR count). The Balaban J connectivity index is 2.63. The Kier molecular flexibility index (Phi) is 7.27. The number of rotatable bonds is 8. The minimum atomic E-state index is -3.00. The molecule has 0 fully saturated rings. The van der Waals surface area contributed by atoms with Gasteiger partial charge in [0.05, 0.1) is 11.7 Å². The van der Waals surface area contributed by atoms with Crippen molar-refractivity contribution in [1.82, 2.24) is 0 Å². The summed E-state index contributed by atoms with van der Waals surface area (Å²) in [5, 5.41) is 0. The maximum atomic E-state index is 12.0. The van der Waals surface area contributed by atoms with Crippen LogP contribution < -0.4 is 0 Å². The molecule has 0 aliphatic rings. The summed E-state index contributed by atoms with van der Waals surface area (Å²) in [6, 6.07) is 7.09. The van der Waals surface area contributed by atoms with Crippen LogP contribution in [0.2, 0.25) is 0 Å². The Hall–Kier alpha value is -1.16. The second-order valence-electron chi connectivity index (χ2n) is 5.50. The van der Waals surface area contributed by atoms with Crippen molar-refractivity contribution in [2.75, 3.05) is 20.4 Å². The molecule has 1 aromatic rings. The zero-order valence-corrected chi connectivity index (χ0v) is 14.8. The molecule has 0 aliphatic carbocycles. The summed E-state index contributed by atoms with van der Waals surface area (Å²) >= 11 is 0. The smallest absolute Gasteiger partial charge is 0.338 e. The third kappa shape index (κ3) is 5.56. The zero-order chi connectivity index (χ0) is 16.8. The van der Waals surface area contributed by atoms with Gasteiger partial charge in [0.15, 0.2) is 0 Å². The summed E-state index contributed by atoms with van der Waals surface area (Å²) in [5.74, 6) is -0.0485. The molecule has 1 atom stereocenters. The summed E-state index contributed by atoms with van der Waals surface area (Å²) in [6.45, 7) is 5.89. The highest BCUT2D eigenvalue weighted by atomic mass is 31.2. The van der Waals surface area contributed by atoms with Crippen LogP contribution in [0.25, 0.3) is 0 Å². The highest BCUT2D eigenvalue weighted by Gasteiger charge is 2.20. The Morgan fingerprint density at radius 2 is 1.64 bits per heavy atom. The quantitative estimate of drug-likeness (QED) is 0.535. The number of carbonyl (C=O) groups excluding carboxylic acids is 1. The lowest BCUT2D eigenvalue weighted by Gasteiger charge is -2.16. The molecule has 5 nitrogen and oxygen atoms in total. The van der Waals surface area contributed by atoms with E-state index in [-0.39, 0.29) is 18.0 Å². The fourth-order valence-corrected chi connectivity index (χ4v) is 2.75. The fourth-order valence-electron chi connectivity index (χ4n) is 1.70. The lowest BCUT2D eigenvalue weighted by molar-refractivity contribution is 0.0238. The van der Waals surface area contributed by atoms with Crippen LogP contribution in [0, 0.1) is 5.92 Å². The number of hydrogen-bond donors (Lipinski definition) is 0. The number of ether oxygens (including phenoxy) is 1. The zero-order valence-electron chi connectivity index (χ0n) is 13.9. The monoisotopic (exact) mass is 328 g/mol. The molecule has 0 aromatic heterocycles. The number of hydrogen-bond acceptors (Lipinski definition) is 5. The number of aryl methyl sites for hydroxylation is 1. The molecule has 0 heterocycles. The third-order valence-corrected chi connectivity index (χ3v) is 5.54. The molecule has 0 saturated heterocycles. The molecule has 22 heavy (non-hydrogen) atoms. The normalized spacial score (nSPS) is 13.2.